The quantitative estimate of drug-likeness (QED) is 0.807. The predicted octanol–water partition coefficient (Wildman–Crippen LogP) is 3.61. The van der Waals surface area contributed by atoms with E-state index in [9.17, 15) is 4.79 Å². The molecule has 23 heavy (non-hydrogen) atoms. The summed E-state index contributed by atoms with van der Waals surface area (Å²) in [6.45, 7) is 9.41. The highest BCUT2D eigenvalue weighted by Crippen LogP contribution is 2.41. The van der Waals surface area contributed by atoms with Crippen molar-refractivity contribution >= 4 is 16.9 Å². The molecule has 1 aromatic carbocycles. The smallest absolute Gasteiger partial charge is 0.289 e. The van der Waals surface area contributed by atoms with Gasteiger partial charge in [0, 0.05) is 42.7 Å². The van der Waals surface area contributed by atoms with Gasteiger partial charge >= 0.3 is 0 Å². The van der Waals surface area contributed by atoms with Crippen molar-refractivity contribution in [3.05, 3.63) is 34.6 Å². The summed E-state index contributed by atoms with van der Waals surface area (Å²) in [5, 5.41) is 1.09. The second-order valence-electron chi connectivity index (χ2n) is 7.23. The Balaban J connectivity index is 1.63. The molecule has 3 heterocycles. The van der Waals surface area contributed by atoms with Gasteiger partial charge in [0.1, 0.15) is 5.58 Å². The number of ether oxygens (including phenoxy) is 1. The Labute approximate surface area is 136 Å². The highest BCUT2D eigenvalue weighted by Gasteiger charge is 2.46. The molecule has 2 aliphatic heterocycles. The first-order valence-electron chi connectivity index (χ1n) is 8.37. The molecule has 2 saturated heterocycles. The molecule has 0 bridgehead atoms. The fourth-order valence-electron chi connectivity index (χ4n) is 4.05. The van der Waals surface area contributed by atoms with E-state index in [0.717, 1.165) is 66.8 Å². The number of amides is 1. The van der Waals surface area contributed by atoms with Crippen molar-refractivity contribution in [1.29, 1.82) is 0 Å². The SMILES string of the molecule is Cc1ccc(C)c2c(C)c(C(=O)N3CC4(CCOCC4)C3)oc12. The van der Waals surface area contributed by atoms with Crippen molar-refractivity contribution < 1.29 is 13.9 Å². The molecule has 4 heteroatoms. The van der Waals surface area contributed by atoms with Gasteiger partial charge in [-0.25, -0.2) is 0 Å². The Morgan fingerprint density at radius 2 is 1.74 bits per heavy atom. The van der Waals surface area contributed by atoms with E-state index >= 15 is 0 Å². The van der Waals surface area contributed by atoms with Gasteiger partial charge in [-0.3, -0.25) is 4.79 Å². The molecule has 0 saturated carbocycles. The minimum atomic E-state index is 0.0367. The summed E-state index contributed by atoms with van der Waals surface area (Å²) in [4.78, 5) is 14.8. The summed E-state index contributed by atoms with van der Waals surface area (Å²) in [5.74, 6) is 0.550. The normalized spacial score (nSPS) is 20.0. The maximum Gasteiger partial charge on any atom is 0.289 e. The first kappa shape index (κ1) is 14.8. The molecule has 4 nitrogen and oxygen atoms in total. The first-order chi connectivity index (χ1) is 11.0. The number of aryl methyl sites for hydroxylation is 3. The number of benzene rings is 1. The van der Waals surface area contributed by atoms with Crippen molar-refractivity contribution in [2.45, 2.75) is 33.6 Å². The first-order valence-corrected chi connectivity index (χ1v) is 8.37. The zero-order valence-corrected chi connectivity index (χ0v) is 14.1. The zero-order valence-electron chi connectivity index (χ0n) is 14.1. The minimum Gasteiger partial charge on any atom is -0.450 e. The van der Waals surface area contributed by atoms with Gasteiger partial charge in [-0.1, -0.05) is 12.1 Å². The van der Waals surface area contributed by atoms with Crippen LogP contribution in [0.1, 0.15) is 40.1 Å². The molecule has 2 aromatic rings. The lowest BCUT2D eigenvalue weighted by Crippen LogP contribution is -2.60. The van der Waals surface area contributed by atoms with Gasteiger partial charge in [0.15, 0.2) is 5.76 Å². The van der Waals surface area contributed by atoms with Crippen LogP contribution in [-0.2, 0) is 4.74 Å². The number of fused-ring (bicyclic) bond motifs is 1. The van der Waals surface area contributed by atoms with E-state index in [1.54, 1.807) is 0 Å². The third-order valence-electron chi connectivity index (χ3n) is 5.57. The number of furan rings is 1. The topological polar surface area (TPSA) is 42.7 Å². The summed E-state index contributed by atoms with van der Waals surface area (Å²) in [6, 6.07) is 4.14. The lowest BCUT2D eigenvalue weighted by Gasteiger charge is -2.51. The number of hydrogen-bond acceptors (Lipinski definition) is 3. The fourth-order valence-corrected chi connectivity index (χ4v) is 4.05. The Morgan fingerprint density at radius 3 is 2.39 bits per heavy atom. The summed E-state index contributed by atoms with van der Waals surface area (Å²) in [6.07, 6.45) is 2.13. The molecule has 1 spiro atoms. The largest absolute Gasteiger partial charge is 0.450 e. The molecule has 0 aliphatic carbocycles. The van der Waals surface area contributed by atoms with Crippen LogP contribution in [0, 0.1) is 26.2 Å². The van der Waals surface area contributed by atoms with E-state index < -0.39 is 0 Å². The van der Waals surface area contributed by atoms with Crippen LogP contribution in [0.25, 0.3) is 11.0 Å². The summed E-state index contributed by atoms with van der Waals surface area (Å²) in [7, 11) is 0. The van der Waals surface area contributed by atoms with Gasteiger partial charge < -0.3 is 14.1 Å². The van der Waals surface area contributed by atoms with E-state index in [4.69, 9.17) is 9.15 Å². The van der Waals surface area contributed by atoms with Gasteiger partial charge in [-0.05, 0) is 44.7 Å². The molecular formula is C19H23NO3. The molecule has 0 atom stereocenters. The van der Waals surface area contributed by atoms with E-state index in [-0.39, 0.29) is 5.91 Å². The van der Waals surface area contributed by atoms with Gasteiger partial charge in [-0.15, -0.1) is 0 Å². The summed E-state index contributed by atoms with van der Waals surface area (Å²) < 4.78 is 11.4. The van der Waals surface area contributed by atoms with Crippen LogP contribution in [0.5, 0.6) is 0 Å². The fraction of sp³-hybridized carbons (Fsp3) is 0.526. The molecule has 0 N–H and O–H groups in total. The number of rotatable bonds is 1. The average Bonchev–Trinajstić information content (AvgIpc) is 2.88. The predicted molar refractivity (Wildman–Crippen MR) is 88.8 cm³/mol. The Kier molecular flexibility index (Phi) is 3.27. The molecule has 122 valence electrons. The average molecular weight is 313 g/mol. The third-order valence-corrected chi connectivity index (χ3v) is 5.57. The van der Waals surface area contributed by atoms with Crippen molar-refractivity contribution in [2.24, 2.45) is 5.41 Å². The van der Waals surface area contributed by atoms with E-state index in [0.29, 0.717) is 11.2 Å². The van der Waals surface area contributed by atoms with E-state index in [1.807, 2.05) is 18.7 Å². The molecule has 0 unspecified atom stereocenters. The van der Waals surface area contributed by atoms with Crippen LogP contribution in [0.3, 0.4) is 0 Å². The van der Waals surface area contributed by atoms with Gasteiger partial charge in [0.25, 0.3) is 5.91 Å². The van der Waals surface area contributed by atoms with E-state index in [2.05, 4.69) is 19.1 Å². The molecule has 2 fully saturated rings. The lowest BCUT2D eigenvalue weighted by molar-refractivity contribution is -0.0674. The van der Waals surface area contributed by atoms with Crippen molar-refractivity contribution in [3.63, 3.8) is 0 Å². The standard InChI is InChI=1S/C19H23NO3/c1-12-4-5-13(2)16-15(12)14(3)17(23-16)18(21)20-10-19(11-20)6-8-22-9-7-19/h4-5H,6-11H2,1-3H3. The van der Waals surface area contributed by atoms with E-state index in [1.165, 1.54) is 0 Å². The Hall–Kier alpha value is -1.81. The number of likely N-dealkylation sites (tertiary alicyclic amines) is 1. The van der Waals surface area contributed by atoms with Crippen molar-refractivity contribution in [2.75, 3.05) is 26.3 Å². The van der Waals surface area contributed by atoms with Crippen molar-refractivity contribution in [3.8, 4) is 0 Å². The Morgan fingerprint density at radius 1 is 1.09 bits per heavy atom. The molecular weight excluding hydrogens is 290 g/mol. The van der Waals surface area contributed by atoms with Crippen LogP contribution in [0.2, 0.25) is 0 Å². The molecule has 2 aliphatic rings. The minimum absolute atomic E-state index is 0.0367. The van der Waals surface area contributed by atoms with Crippen LogP contribution >= 0.6 is 0 Å². The highest BCUT2D eigenvalue weighted by molar-refractivity contribution is 6.00. The molecule has 0 radical (unpaired) electrons. The van der Waals surface area contributed by atoms with Gasteiger partial charge in [0.2, 0.25) is 0 Å². The lowest BCUT2D eigenvalue weighted by atomic mass is 9.73. The number of hydrogen-bond donors (Lipinski definition) is 0. The second kappa shape index (κ2) is 5.10. The monoisotopic (exact) mass is 313 g/mol. The zero-order chi connectivity index (χ0) is 16.2. The maximum absolute atomic E-state index is 12.9. The second-order valence-corrected chi connectivity index (χ2v) is 7.23. The van der Waals surface area contributed by atoms with Crippen LogP contribution in [0.4, 0.5) is 0 Å². The molecule has 4 rings (SSSR count). The van der Waals surface area contributed by atoms with Gasteiger partial charge in [0.05, 0.1) is 0 Å². The van der Waals surface area contributed by atoms with Crippen molar-refractivity contribution in [1.82, 2.24) is 4.90 Å². The maximum atomic E-state index is 12.9. The highest BCUT2D eigenvalue weighted by atomic mass is 16.5. The van der Waals surface area contributed by atoms with Crippen LogP contribution in [-0.4, -0.2) is 37.1 Å². The number of carbonyl (C=O) groups excluding carboxylic acids is 1. The number of nitrogens with zero attached hydrogens (tertiary/aromatic N) is 1. The third kappa shape index (κ3) is 2.19. The molecule has 1 amide bonds. The summed E-state index contributed by atoms with van der Waals surface area (Å²) >= 11 is 0. The van der Waals surface area contributed by atoms with Gasteiger partial charge in [-0.2, -0.15) is 0 Å². The number of carbonyl (C=O) groups is 1. The summed E-state index contributed by atoms with van der Waals surface area (Å²) in [5.41, 5.74) is 4.36. The molecule has 1 aromatic heterocycles. The Bertz CT molecular complexity index is 775. The van der Waals surface area contributed by atoms with Crippen LogP contribution in [0.15, 0.2) is 16.5 Å². The van der Waals surface area contributed by atoms with Crippen LogP contribution < -0.4 is 0 Å².